The van der Waals surface area contributed by atoms with Crippen LogP contribution in [0.2, 0.25) is 0 Å². The highest BCUT2D eigenvalue weighted by Crippen LogP contribution is 2.20. The average Bonchev–Trinajstić information content (AvgIpc) is 2.63. The fourth-order valence-corrected chi connectivity index (χ4v) is 4.75. The Morgan fingerprint density at radius 1 is 1.24 bits per heavy atom. The molecule has 0 aliphatic carbocycles. The van der Waals surface area contributed by atoms with E-state index < -0.39 is 0 Å². The van der Waals surface area contributed by atoms with Gasteiger partial charge in [-0.15, -0.1) is 24.2 Å². The van der Waals surface area contributed by atoms with Crippen molar-refractivity contribution in [3.8, 4) is 0 Å². The summed E-state index contributed by atoms with van der Waals surface area (Å²) in [5, 5.41) is 3.11. The summed E-state index contributed by atoms with van der Waals surface area (Å²) in [6, 6.07) is 0.198. The quantitative estimate of drug-likeness (QED) is 0.761. The van der Waals surface area contributed by atoms with Crippen molar-refractivity contribution in [1.29, 1.82) is 0 Å². The summed E-state index contributed by atoms with van der Waals surface area (Å²) in [6.45, 7) is 4.45. The molecular weight excluding hydrogens is 362 g/mol. The molecule has 2 amide bonds. The lowest BCUT2D eigenvalue weighted by Gasteiger charge is -2.41. The Morgan fingerprint density at radius 2 is 2.12 bits per heavy atom. The van der Waals surface area contributed by atoms with Gasteiger partial charge in [-0.05, 0) is 32.1 Å². The van der Waals surface area contributed by atoms with Crippen molar-refractivity contribution in [2.24, 2.45) is 0 Å². The van der Waals surface area contributed by atoms with Gasteiger partial charge >= 0.3 is 0 Å². The molecule has 0 saturated carbocycles. The van der Waals surface area contributed by atoms with Crippen molar-refractivity contribution in [2.75, 3.05) is 50.8 Å². The third-order valence-corrected chi connectivity index (χ3v) is 6.18. The Balaban J connectivity index is 0.00000225. The maximum Gasteiger partial charge on any atom is 0.236 e. The average molecular weight is 392 g/mol. The minimum Gasteiger partial charge on any atom is -0.377 e. The molecule has 0 bridgehead atoms. The zero-order chi connectivity index (χ0) is 16.8. The van der Waals surface area contributed by atoms with E-state index in [0.717, 1.165) is 51.3 Å². The Kier molecular flexibility index (Phi) is 8.82. The largest absolute Gasteiger partial charge is 0.377 e. The van der Waals surface area contributed by atoms with Crippen LogP contribution in [0.4, 0.5) is 0 Å². The number of nitrogens with one attached hydrogen (secondary N) is 1. The second-order valence-electron chi connectivity index (χ2n) is 6.90. The molecule has 1 N–H and O–H groups in total. The molecule has 0 radical (unpaired) electrons. The highest BCUT2D eigenvalue weighted by atomic mass is 35.5. The molecule has 3 fully saturated rings. The molecule has 144 valence electrons. The van der Waals surface area contributed by atoms with Crippen molar-refractivity contribution >= 4 is 36.0 Å². The van der Waals surface area contributed by atoms with Gasteiger partial charge in [-0.1, -0.05) is 0 Å². The van der Waals surface area contributed by atoms with E-state index in [1.807, 2.05) is 9.80 Å². The lowest BCUT2D eigenvalue weighted by molar-refractivity contribution is -0.139. The van der Waals surface area contributed by atoms with Gasteiger partial charge < -0.3 is 19.9 Å². The molecule has 2 unspecified atom stereocenters. The van der Waals surface area contributed by atoms with Crippen LogP contribution in [0.5, 0.6) is 0 Å². The molecule has 0 spiro atoms. The van der Waals surface area contributed by atoms with Crippen LogP contribution in [-0.4, -0.2) is 84.6 Å². The molecule has 0 aromatic rings. The molecule has 3 heterocycles. The number of amides is 2. The number of hydrogen-bond acceptors (Lipinski definition) is 5. The van der Waals surface area contributed by atoms with Crippen LogP contribution in [0.1, 0.15) is 32.1 Å². The van der Waals surface area contributed by atoms with Crippen molar-refractivity contribution < 1.29 is 14.3 Å². The normalized spacial score (nSPS) is 27.8. The predicted octanol–water partition coefficient (Wildman–Crippen LogP) is 1.13. The molecule has 6 nitrogen and oxygen atoms in total. The van der Waals surface area contributed by atoms with Crippen LogP contribution in [0.25, 0.3) is 0 Å². The number of carbonyl (C=O) groups excluding carboxylic acids is 2. The highest BCUT2D eigenvalue weighted by Gasteiger charge is 2.31. The first kappa shape index (κ1) is 20.8. The molecule has 8 heteroatoms. The van der Waals surface area contributed by atoms with Gasteiger partial charge in [-0.2, -0.15) is 0 Å². The number of piperidine rings is 1. The van der Waals surface area contributed by atoms with Crippen LogP contribution in [-0.2, 0) is 14.3 Å². The number of likely N-dealkylation sites (tertiary alicyclic amines) is 1. The van der Waals surface area contributed by atoms with Gasteiger partial charge in [0.15, 0.2) is 0 Å². The van der Waals surface area contributed by atoms with E-state index in [9.17, 15) is 9.59 Å². The van der Waals surface area contributed by atoms with Crippen molar-refractivity contribution in [3.05, 3.63) is 0 Å². The summed E-state index contributed by atoms with van der Waals surface area (Å²) < 4.78 is 5.72. The summed E-state index contributed by atoms with van der Waals surface area (Å²) in [5.74, 6) is 1.83. The van der Waals surface area contributed by atoms with E-state index >= 15 is 0 Å². The SMILES string of the molecule is Cl.O=C(CSCC1CCCCO1)N1CCCC(N2CCNCC2=O)C1. The van der Waals surface area contributed by atoms with Crippen LogP contribution in [0.3, 0.4) is 0 Å². The zero-order valence-electron chi connectivity index (χ0n) is 14.8. The predicted molar refractivity (Wildman–Crippen MR) is 102 cm³/mol. The van der Waals surface area contributed by atoms with Crippen LogP contribution in [0, 0.1) is 0 Å². The fraction of sp³-hybridized carbons (Fsp3) is 0.882. The van der Waals surface area contributed by atoms with E-state index in [1.165, 1.54) is 12.8 Å². The van der Waals surface area contributed by atoms with Crippen LogP contribution in [0.15, 0.2) is 0 Å². The highest BCUT2D eigenvalue weighted by molar-refractivity contribution is 7.99. The molecule has 3 aliphatic rings. The van der Waals surface area contributed by atoms with Gasteiger partial charge in [0.2, 0.25) is 11.8 Å². The summed E-state index contributed by atoms with van der Waals surface area (Å²) in [5.41, 5.74) is 0. The number of piperazine rings is 1. The molecule has 3 aliphatic heterocycles. The summed E-state index contributed by atoms with van der Waals surface area (Å²) in [7, 11) is 0. The molecule has 0 aromatic carbocycles. The Morgan fingerprint density at radius 3 is 2.88 bits per heavy atom. The molecule has 25 heavy (non-hydrogen) atoms. The summed E-state index contributed by atoms with van der Waals surface area (Å²) in [4.78, 5) is 28.5. The number of hydrogen-bond donors (Lipinski definition) is 1. The molecule has 0 aromatic heterocycles. The van der Waals surface area contributed by atoms with Gasteiger partial charge in [0.1, 0.15) is 0 Å². The maximum atomic E-state index is 12.5. The van der Waals surface area contributed by atoms with Crippen molar-refractivity contribution in [3.63, 3.8) is 0 Å². The number of thioether (sulfide) groups is 1. The topological polar surface area (TPSA) is 61.9 Å². The van der Waals surface area contributed by atoms with E-state index in [-0.39, 0.29) is 30.3 Å². The minimum absolute atomic E-state index is 0. The second kappa shape index (κ2) is 10.6. The number of halogens is 1. The lowest BCUT2D eigenvalue weighted by Crippen LogP contribution is -2.57. The smallest absolute Gasteiger partial charge is 0.236 e. The Bertz CT molecular complexity index is 449. The van der Waals surface area contributed by atoms with Crippen molar-refractivity contribution in [1.82, 2.24) is 15.1 Å². The van der Waals surface area contributed by atoms with Gasteiger partial charge in [-0.3, -0.25) is 9.59 Å². The lowest BCUT2D eigenvalue weighted by atomic mass is 10.0. The van der Waals surface area contributed by atoms with E-state index in [4.69, 9.17) is 4.74 Å². The third kappa shape index (κ3) is 6.01. The fourth-order valence-electron chi connectivity index (χ4n) is 3.75. The number of rotatable bonds is 5. The zero-order valence-corrected chi connectivity index (χ0v) is 16.4. The maximum absolute atomic E-state index is 12.5. The molecule has 2 atom stereocenters. The van der Waals surface area contributed by atoms with Crippen LogP contribution < -0.4 is 5.32 Å². The standard InChI is InChI=1S/C17H29N3O3S.ClH/c21-16-10-18-6-8-20(16)14-4-3-7-19(11-14)17(22)13-24-12-15-5-1-2-9-23-15;/h14-15,18H,1-13H2;1H. The van der Waals surface area contributed by atoms with E-state index in [1.54, 1.807) is 11.8 Å². The van der Waals surface area contributed by atoms with Gasteiger partial charge in [0, 0.05) is 44.6 Å². The number of ether oxygens (including phenoxy) is 1. The molecule has 3 rings (SSSR count). The molecule has 3 saturated heterocycles. The van der Waals surface area contributed by atoms with Crippen LogP contribution >= 0.6 is 24.2 Å². The van der Waals surface area contributed by atoms with Gasteiger partial charge in [0.25, 0.3) is 0 Å². The second-order valence-corrected chi connectivity index (χ2v) is 7.93. The Labute approximate surface area is 160 Å². The Hall–Kier alpha value is -0.500. The third-order valence-electron chi connectivity index (χ3n) is 5.12. The first-order valence-electron chi connectivity index (χ1n) is 9.21. The van der Waals surface area contributed by atoms with E-state index in [2.05, 4.69) is 5.32 Å². The molecular formula is C17H30ClN3O3S. The van der Waals surface area contributed by atoms with Gasteiger partial charge in [-0.25, -0.2) is 0 Å². The summed E-state index contributed by atoms with van der Waals surface area (Å²) >= 11 is 1.69. The first-order chi connectivity index (χ1) is 11.7. The van der Waals surface area contributed by atoms with E-state index in [0.29, 0.717) is 24.9 Å². The minimum atomic E-state index is 0. The first-order valence-corrected chi connectivity index (χ1v) is 10.4. The van der Waals surface area contributed by atoms with Crippen molar-refractivity contribution in [2.45, 2.75) is 44.2 Å². The number of carbonyl (C=O) groups is 2. The monoisotopic (exact) mass is 391 g/mol. The summed E-state index contributed by atoms with van der Waals surface area (Å²) in [6.07, 6.45) is 5.86. The van der Waals surface area contributed by atoms with Gasteiger partial charge in [0.05, 0.1) is 18.4 Å². The number of nitrogens with zero attached hydrogens (tertiary/aromatic N) is 2.